The SMILES string of the molecule is CN(C)CCN=C(N)N(C#N)[C@@H]1c2cc(C#N)ccc2OC(C)(C)[C@H]1O. The van der Waals surface area contributed by atoms with Gasteiger partial charge in [-0.2, -0.15) is 10.5 Å². The molecule has 0 bridgehead atoms. The van der Waals surface area contributed by atoms with E-state index in [-0.39, 0.29) is 5.96 Å². The van der Waals surface area contributed by atoms with Crippen molar-refractivity contribution in [3.05, 3.63) is 29.3 Å². The molecule has 2 rings (SSSR count). The standard InChI is InChI=1S/C18H24N6O2/c1-18(2)16(25)15(13-9-12(10-19)5-6-14(13)26-18)24(11-20)17(21)22-7-8-23(3)4/h5-6,9,15-16,25H,7-8H2,1-4H3,(H2,21,22)/t15-,16+/m1/s1. The molecule has 3 N–H and O–H groups in total. The molecule has 0 unspecified atom stereocenters. The number of nitrogens with zero attached hydrogens (tertiary/aromatic N) is 5. The van der Waals surface area contributed by atoms with E-state index in [1.807, 2.05) is 25.2 Å². The summed E-state index contributed by atoms with van der Waals surface area (Å²) in [6, 6.07) is 6.18. The number of benzene rings is 1. The van der Waals surface area contributed by atoms with Gasteiger partial charge in [-0.1, -0.05) is 0 Å². The monoisotopic (exact) mass is 356 g/mol. The van der Waals surface area contributed by atoms with Crippen LogP contribution in [0.5, 0.6) is 5.75 Å². The van der Waals surface area contributed by atoms with Gasteiger partial charge in [0.2, 0.25) is 5.96 Å². The fourth-order valence-electron chi connectivity index (χ4n) is 2.81. The van der Waals surface area contributed by atoms with Gasteiger partial charge >= 0.3 is 0 Å². The molecule has 1 aromatic rings. The molecular weight excluding hydrogens is 332 g/mol. The largest absolute Gasteiger partial charge is 0.485 e. The first kappa shape index (κ1) is 19.5. The normalized spacial score (nSPS) is 21.3. The minimum atomic E-state index is -1.05. The molecule has 0 fully saturated rings. The van der Waals surface area contributed by atoms with Gasteiger partial charge in [0.15, 0.2) is 6.19 Å². The van der Waals surface area contributed by atoms with Crippen LogP contribution in [0.25, 0.3) is 0 Å². The van der Waals surface area contributed by atoms with Crippen molar-refractivity contribution >= 4 is 5.96 Å². The van der Waals surface area contributed by atoms with E-state index in [9.17, 15) is 15.6 Å². The number of likely N-dealkylation sites (N-methyl/N-ethyl adjacent to an activating group) is 1. The molecule has 2 atom stereocenters. The Morgan fingerprint density at radius 1 is 1.38 bits per heavy atom. The highest BCUT2D eigenvalue weighted by Crippen LogP contribution is 2.43. The van der Waals surface area contributed by atoms with Crippen LogP contribution in [0.1, 0.15) is 31.0 Å². The van der Waals surface area contributed by atoms with Crippen LogP contribution in [0.15, 0.2) is 23.2 Å². The Morgan fingerprint density at radius 3 is 2.65 bits per heavy atom. The van der Waals surface area contributed by atoms with Crippen molar-refractivity contribution in [3.8, 4) is 18.0 Å². The molecule has 0 amide bonds. The smallest absolute Gasteiger partial charge is 0.205 e. The van der Waals surface area contributed by atoms with E-state index in [0.717, 1.165) is 0 Å². The molecule has 26 heavy (non-hydrogen) atoms. The van der Waals surface area contributed by atoms with E-state index in [1.165, 1.54) is 4.90 Å². The molecule has 8 nitrogen and oxygen atoms in total. The van der Waals surface area contributed by atoms with E-state index in [2.05, 4.69) is 11.1 Å². The second-order valence-electron chi connectivity index (χ2n) is 6.97. The van der Waals surface area contributed by atoms with Crippen LogP contribution in [0.2, 0.25) is 0 Å². The first-order valence-corrected chi connectivity index (χ1v) is 8.26. The molecule has 0 radical (unpaired) electrons. The Kier molecular flexibility index (Phi) is 5.71. The molecule has 138 valence electrons. The number of hydrogen-bond donors (Lipinski definition) is 2. The Balaban J connectivity index is 2.47. The van der Waals surface area contributed by atoms with Crippen LogP contribution in [-0.2, 0) is 0 Å². The van der Waals surface area contributed by atoms with E-state index < -0.39 is 17.7 Å². The van der Waals surface area contributed by atoms with Gasteiger partial charge in [-0.05, 0) is 46.1 Å². The molecule has 0 aromatic heterocycles. The second-order valence-corrected chi connectivity index (χ2v) is 6.97. The minimum Gasteiger partial charge on any atom is -0.485 e. The van der Waals surface area contributed by atoms with E-state index >= 15 is 0 Å². The number of aliphatic hydroxyl groups excluding tert-OH is 1. The molecular formula is C18H24N6O2. The summed E-state index contributed by atoms with van der Waals surface area (Å²) < 4.78 is 5.87. The third kappa shape index (κ3) is 3.88. The number of nitriles is 2. The van der Waals surface area contributed by atoms with Crippen molar-refractivity contribution in [2.45, 2.75) is 31.6 Å². The number of nitrogens with two attached hydrogens (primary N) is 1. The summed E-state index contributed by atoms with van der Waals surface area (Å²) in [5, 5.41) is 29.7. The Labute approximate surface area is 153 Å². The predicted molar refractivity (Wildman–Crippen MR) is 97.1 cm³/mol. The first-order valence-electron chi connectivity index (χ1n) is 8.26. The third-order valence-electron chi connectivity index (χ3n) is 4.30. The highest BCUT2D eigenvalue weighted by molar-refractivity contribution is 5.80. The number of hydrogen-bond acceptors (Lipinski definition) is 6. The summed E-state index contributed by atoms with van der Waals surface area (Å²) in [6.45, 7) is 4.57. The van der Waals surface area contributed by atoms with Crippen molar-refractivity contribution in [1.82, 2.24) is 9.80 Å². The maximum absolute atomic E-state index is 10.9. The van der Waals surface area contributed by atoms with Gasteiger partial charge in [0.25, 0.3) is 0 Å². The highest BCUT2D eigenvalue weighted by atomic mass is 16.5. The van der Waals surface area contributed by atoms with Crippen molar-refractivity contribution in [2.24, 2.45) is 10.7 Å². The summed E-state index contributed by atoms with van der Waals surface area (Å²) >= 11 is 0. The summed E-state index contributed by atoms with van der Waals surface area (Å²) in [7, 11) is 3.83. The van der Waals surface area contributed by atoms with Crippen molar-refractivity contribution in [1.29, 1.82) is 10.5 Å². The lowest BCUT2D eigenvalue weighted by Crippen LogP contribution is -2.54. The predicted octanol–water partition coefficient (Wildman–Crippen LogP) is 0.791. The molecule has 1 aromatic carbocycles. The third-order valence-corrected chi connectivity index (χ3v) is 4.30. The summed E-state index contributed by atoms with van der Waals surface area (Å²) in [4.78, 5) is 7.39. The fraction of sp³-hybridized carbons (Fsp3) is 0.500. The Morgan fingerprint density at radius 2 is 2.08 bits per heavy atom. The maximum Gasteiger partial charge on any atom is 0.205 e. The van der Waals surface area contributed by atoms with Crippen LogP contribution < -0.4 is 10.5 Å². The number of ether oxygens (including phenoxy) is 1. The van der Waals surface area contributed by atoms with Gasteiger partial charge in [0.05, 0.1) is 18.2 Å². The Bertz CT molecular complexity index is 775. The lowest BCUT2D eigenvalue weighted by atomic mass is 9.85. The average Bonchev–Trinajstić information content (AvgIpc) is 2.58. The topological polar surface area (TPSA) is 122 Å². The lowest BCUT2D eigenvalue weighted by Gasteiger charge is -2.44. The first-order chi connectivity index (χ1) is 12.2. The van der Waals surface area contributed by atoms with E-state index in [4.69, 9.17) is 10.5 Å². The van der Waals surface area contributed by atoms with Crippen LogP contribution in [0.3, 0.4) is 0 Å². The second kappa shape index (κ2) is 7.61. The number of fused-ring (bicyclic) bond motifs is 1. The molecule has 0 spiro atoms. The van der Waals surface area contributed by atoms with Crippen LogP contribution >= 0.6 is 0 Å². The van der Waals surface area contributed by atoms with Crippen LogP contribution in [0.4, 0.5) is 0 Å². The summed E-state index contributed by atoms with van der Waals surface area (Å²) in [5.41, 5.74) is 6.04. The average molecular weight is 356 g/mol. The molecule has 1 aliphatic rings. The highest BCUT2D eigenvalue weighted by Gasteiger charge is 2.46. The van der Waals surface area contributed by atoms with Crippen LogP contribution in [-0.4, -0.2) is 59.8 Å². The Hall–Kier alpha value is -2.81. The van der Waals surface area contributed by atoms with Crippen molar-refractivity contribution in [2.75, 3.05) is 27.2 Å². The van der Waals surface area contributed by atoms with Gasteiger partial charge in [-0.3, -0.25) is 4.99 Å². The molecule has 8 heteroatoms. The van der Waals surface area contributed by atoms with E-state index in [0.29, 0.717) is 30.0 Å². The van der Waals surface area contributed by atoms with Crippen molar-refractivity contribution < 1.29 is 9.84 Å². The molecule has 1 aliphatic heterocycles. The van der Waals surface area contributed by atoms with Gasteiger partial charge in [-0.25, -0.2) is 4.90 Å². The molecule has 0 saturated heterocycles. The number of rotatable bonds is 4. The van der Waals surface area contributed by atoms with Gasteiger partial charge in [0, 0.05) is 12.1 Å². The number of guanidine groups is 1. The summed E-state index contributed by atoms with van der Waals surface area (Å²) in [5.74, 6) is 0.523. The van der Waals surface area contributed by atoms with Crippen molar-refractivity contribution in [3.63, 3.8) is 0 Å². The number of aliphatic imine (C=N–C) groups is 1. The molecule has 0 saturated carbocycles. The summed E-state index contributed by atoms with van der Waals surface area (Å²) in [6.07, 6.45) is 0.972. The fourth-order valence-corrected chi connectivity index (χ4v) is 2.81. The van der Waals surface area contributed by atoms with E-state index in [1.54, 1.807) is 32.0 Å². The lowest BCUT2D eigenvalue weighted by molar-refractivity contribution is -0.0751. The minimum absolute atomic E-state index is 0.0180. The zero-order chi connectivity index (χ0) is 19.5. The zero-order valence-corrected chi connectivity index (χ0v) is 15.5. The van der Waals surface area contributed by atoms with Gasteiger partial charge < -0.3 is 20.5 Å². The number of aliphatic hydroxyl groups is 1. The van der Waals surface area contributed by atoms with Gasteiger partial charge in [0.1, 0.15) is 23.5 Å². The molecule has 1 heterocycles. The maximum atomic E-state index is 10.9. The van der Waals surface area contributed by atoms with Crippen LogP contribution in [0, 0.1) is 22.8 Å². The molecule has 0 aliphatic carbocycles. The zero-order valence-electron chi connectivity index (χ0n) is 15.5. The van der Waals surface area contributed by atoms with Gasteiger partial charge in [-0.15, -0.1) is 0 Å². The quantitative estimate of drug-likeness (QED) is 0.354.